The number of benzene rings is 1. The number of aryl methyl sites for hydroxylation is 1. The molecule has 1 aliphatic carbocycles. The molecule has 8 heteroatoms. The Hall–Kier alpha value is -1.86. The van der Waals surface area contributed by atoms with Crippen molar-refractivity contribution in [3.05, 3.63) is 34.5 Å². The molecule has 1 aromatic heterocycles. The lowest BCUT2D eigenvalue weighted by atomic mass is 9.91. The number of hydrogen-bond acceptors (Lipinski definition) is 3. The molecule has 5 rings (SSSR count). The molecule has 160 valence electrons. The summed E-state index contributed by atoms with van der Waals surface area (Å²) in [6, 6.07) is 6.49. The number of unbranched alkanes of at least 4 members (excludes halogenated alkanes) is 1. The molecule has 0 saturated carbocycles. The Bertz CT molecular complexity index is 977. The van der Waals surface area contributed by atoms with Crippen molar-refractivity contribution in [2.75, 3.05) is 5.75 Å². The zero-order valence-corrected chi connectivity index (χ0v) is 18.4. The minimum Gasteiger partial charge on any atom is -0.355 e. The molecule has 0 radical (unpaired) electrons. The van der Waals surface area contributed by atoms with Gasteiger partial charge in [0.2, 0.25) is 5.91 Å². The second-order valence-electron chi connectivity index (χ2n) is 8.56. The van der Waals surface area contributed by atoms with E-state index in [2.05, 4.69) is 27.0 Å². The molecule has 4 atom stereocenters. The molecule has 0 spiro atoms. The first-order valence-corrected chi connectivity index (χ1v) is 12.3. The maximum absolute atomic E-state index is 12.6. The molecule has 2 saturated heterocycles. The molecule has 2 aliphatic heterocycles. The summed E-state index contributed by atoms with van der Waals surface area (Å²) in [5, 5.41) is 11.6. The summed E-state index contributed by atoms with van der Waals surface area (Å²) in [7, 11) is 0. The summed E-state index contributed by atoms with van der Waals surface area (Å²) in [4.78, 5) is 27.6. The number of rotatable bonds is 6. The van der Waals surface area contributed by atoms with Gasteiger partial charge in [0.15, 0.2) is 0 Å². The van der Waals surface area contributed by atoms with Gasteiger partial charge in [-0.2, -0.15) is 11.8 Å². The fourth-order valence-corrected chi connectivity index (χ4v) is 6.90. The van der Waals surface area contributed by atoms with Crippen molar-refractivity contribution in [3.8, 4) is 0 Å². The molecule has 4 N–H and O–H groups in total. The second-order valence-corrected chi connectivity index (χ2v) is 10.2. The van der Waals surface area contributed by atoms with Crippen LogP contribution in [0.3, 0.4) is 0 Å². The van der Waals surface area contributed by atoms with Gasteiger partial charge < -0.3 is 20.9 Å². The molecular weight excluding hydrogens is 420 g/mol. The molecule has 3 aliphatic rings. The Morgan fingerprint density at radius 2 is 2.17 bits per heavy atom. The average molecular weight is 447 g/mol. The zero-order chi connectivity index (χ0) is 20.7. The molecule has 2 fully saturated rings. The Labute approximate surface area is 185 Å². The number of amides is 3. The summed E-state index contributed by atoms with van der Waals surface area (Å²) in [6.45, 7) is 0. The first kappa shape index (κ1) is 20.1. The van der Waals surface area contributed by atoms with E-state index in [1.165, 1.54) is 10.9 Å². The highest BCUT2D eigenvalue weighted by molar-refractivity contribution is 8.00. The summed E-state index contributed by atoms with van der Waals surface area (Å²) >= 11 is 8.29. The topological polar surface area (TPSA) is 86.0 Å². The summed E-state index contributed by atoms with van der Waals surface area (Å²) in [5.41, 5.74) is 3.39. The molecular formula is C22H27ClN4O2S. The lowest BCUT2D eigenvalue weighted by Gasteiger charge is -2.24. The Morgan fingerprint density at radius 1 is 1.27 bits per heavy atom. The van der Waals surface area contributed by atoms with Crippen molar-refractivity contribution in [1.29, 1.82) is 0 Å². The molecule has 6 nitrogen and oxygen atoms in total. The van der Waals surface area contributed by atoms with Crippen molar-refractivity contribution in [2.24, 2.45) is 0 Å². The van der Waals surface area contributed by atoms with Crippen molar-refractivity contribution in [2.45, 2.75) is 68.3 Å². The van der Waals surface area contributed by atoms with Crippen LogP contribution in [-0.2, 0) is 11.2 Å². The molecule has 3 heterocycles. The van der Waals surface area contributed by atoms with Gasteiger partial charge in [0.05, 0.1) is 28.7 Å². The summed E-state index contributed by atoms with van der Waals surface area (Å²) in [5.74, 6) is 1.10. The van der Waals surface area contributed by atoms with Gasteiger partial charge in [0.25, 0.3) is 0 Å². The van der Waals surface area contributed by atoms with E-state index >= 15 is 0 Å². The normalized spacial score (nSPS) is 27.4. The number of nitrogens with one attached hydrogen (secondary N) is 4. The fourth-order valence-electron chi connectivity index (χ4n) is 5.14. The van der Waals surface area contributed by atoms with Crippen LogP contribution < -0.4 is 16.0 Å². The highest BCUT2D eigenvalue weighted by Gasteiger charge is 2.42. The van der Waals surface area contributed by atoms with E-state index < -0.39 is 0 Å². The van der Waals surface area contributed by atoms with Gasteiger partial charge in [-0.15, -0.1) is 0 Å². The molecule has 30 heavy (non-hydrogen) atoms. The monoisotopic (exact) mass is 446 g/mol. The quantitative estimate of drug-likeness (QED) is 0.399. The number of halogens is 1. The van der Waals surface area contributed by atoms with Gasteiger partial charge >= 0.3 is 6.03 Å². The number of para-hydroxylation sites is 1. The van der Waals surface area contributed by atoms with Gasteiger partial charge in [0.1, 0.15) is 0 Å². The number of H-pyrrole nitrogens is 1. The maximum Gasteiger partial charge on any atom is 0.315 e. The minimum absolute atomic E-state index is 0.0376. The lowest BCUT2D eigenvalue weighted by molar-refractivity contribution is -0.122. The van der Waals surface area contributed by atoms with E-state index in [4.69, 9.17) is 11.6 Å². The number of carbonyl (C=O) groups excluding carboxylic acids is 2. The number of urea groups is 1. The van der Waals surface area contributed by atoms with Crippen molar-refractivity contribution >= 4 is 46.2 Å². The van der Waals surface area contributed by atoms with Crippen molar-refractivity contribution in [1.82, 2.24) is 20.9 Å². The van der Waals surface area contributed by atoms with E-state index in [1.54, 1.807) is 0 Å². The molecule has 2 unspecified atom stereocenters. The average Bonchev–Trinajstić information content (AvgIpc) is 3.39. The molecule has 2 aromatic rings. The van der Waals surface area contributed by atoms with Crippen molar-refractivity contribution < 1.29 is 9.59 Å². The van der Waals surface area contributed by atoms with E-state index in [1.807, 2.05) is 23.9 Å². The smallest absolute Gasteiger partial charge is 0.315 e. The van der Waals surface area contributed by atoms with Crippen LogP contribution in [-0.4, -0.2) is 40.0 Å². The summed E-state index contributed by atoms with van der Waals surface area (Å²) < 4.78 is 0. The SMILES string of the molecule is O=C(CCCCC1SC[C@@H]2NC(=O)N[C@H]12)NC1CCCc2c1[nH]c1c(Cl)cccc21. The van der Waals surface area contributed by atoms with Gasteiger partial charge in [-0.25, -0.2) is 4.79 Å². The lowest BCUT2D eigenvalue weighted by Crippen LogP contribution is -2.36. The predicted octanol–water partition coefficient (Wildman–Crippen LogP) is 4.04. The van der Waals surface area contributed by atoms with Crippen LogP contribution in [0, 0.1) is 0 Å². The van der Waals surface area contributed by atoms with Crippen LogP contribution in [0.4, 0.5) is 4.79 Å². The van der Waals surface area contributed by atoms with Crippen LogP contribution in [0.2, 0.25) is 5.02 Å². The van der Waals surface area contributed by atoms with E-state index in [9.17, 15) is 9.59 Å². The zero-order valence-electron chi connectivity index (χ0n) is 16.8. The van der Waals surface area contributed by atoms with Crippen LogP contribution in [0.5, 0.6) is 0 Å². The Morgan fingerprint density at radius 3 is 3.07 bits per heavy atom. The summed E-state index contributed by atoms with van der Waals surface area (Å²) in [6.07, 6.45) is 6.50. The number of thioether (sulfide) groups is 1. The molecule has 0 bridgehead atoms. The predicted molar refractivity (Wildman–Crippen MR) is 121 cm³/mol. The minimum atomic E-state index is -0.0419. The van der Waals surface area contributed by atoms with Crippen LogP contribution in [0.1, 0.15) is 55.8 Å². The number of carbonyl (C=O) groups is 2. The second kappa shape index (κ2) is 8.35. The van der Waals surface area contributed by atoms with E-state index in [-0.39, 0.29) is 30.1 Å². The fraction of sp³-hybridized carbons (Fsp3) is 0.545. The maximum atomic E-state index is 12.6. The Balaban J connectivity index is 1.13. The number of aromatic amines is 1. The molecule has 3 amide bonds. The van der Waals surface area contributed by atoms with Crippen LogP contribution in [0.25, 0.3) is 10.9 Å². The van der Waals surface area contributed by atoms with Crippen LogP contribution >= 0.6 is 23.4 Å². The van der Waals surface area contributed by atoms with E-state index in [0.29, 0.717) is 11.7 Å². The van der Waals surface area contributed by atoms with Gasteiger partial charge in [0, 0.05) is 28.5 Å². The highest BCUT2D eigenvalue weighted by Crippen LogP contribution is 2.37. The third kappa shape index (κ3) is 3.78. The number of fused-ring (bicyclic) bond motifs is 4. The Kier molecular flexibility index (Phi) is 5.58. The third-order valence-corrected chi connectivity index (χ3v) is 8.43. The van der Waals surface area contributed by atoms with E-state index in [0.717, 1.165) is 60.5 Å². The highest BCUT2D eigenvalue weighted by atomic mass is 35.5. The van der Waals surface area contributed by atoms with Gasteiger partial charge in [-0.05, 0) is 43.7 Å². The number of aromatic nitrogens is 1. The van der Waals surface area contributed by atoms with Crippen molar-refractivity contribution in [3.63, 3.8) is 0 Å². The van der Waals surface area contributed by atoms with Gasteiger partial charge in [-0.1, -0.05) is 30.2 Å². The largest absolute Gasteiger partial charge is 0.355 e. The number of hydrogen-bond donors (Lipinski definition) is 4. The van der Waals surface area contributed by atoms with Crippen LogP contribution in [0.15, 0.2) is 18.2 Å². The van der Waals surface area contributed by atoms with Gasteiger partial charge in [-0.3, -0.25) is 4.79 Å². The third-order valence-electron chi connectivity index (χ3n) is 6.61. The first-order valence-electron chi connectivity index (χ1n) is 10.9. The standard InChI is InChI=1S/C22H27ClN4O2S/c23-14-7-3-5-12-13-6-4-8-15(20(13)26-19(12)14)24-18(28)10-2-1-9-17-21-16(11-30-17)25-22(29)27-21/h3,5,7,15-17,21,26H,1-2,4,6,8-11H2,(H,24,28)(H2,25,27,29)/t15?,16-,17?,21-/m0/s1. The first-order chi connectivity index (χ1) is 14.6. The molecule has 1 aromatic carbocycles.